The van der Waals surface area contributed by atoms with Crippen molar-refractivity contribution in [1.29, 1.82) is 5.41 Å². The van der Waals surface area contributed by atoms with E-state index in [0.29, 0.717) is 6.42 Å². The monoisotopic (exact) mass is 129 g/mol. The van der Waals surface area contributed by atoms with Crippen LogP contribution in [0.5, 0.6) is 0 Å². The van der Waals surface area contributed by atoms with Crippen LogP contribution in [0, 0.1) is 11.3 Å². The minimum Gasteiger partial charge on any atom is -0.481 e. The lowest BCUT2D eigenvalue weighted by Crippen LogP contribution is -2.03. The van der Waals surface area contributed by atoms with Gasteiger partial charge in [-0.25, -0.2) is 0 Å². The fraction of sp³-hybridized carbons (Fsp3) is 0.667. The number of carbonyl (C=O) groups is 1. The van der Waals surface area contributed by atoms with E-state index < -0.39 is 5.97 Å². The molecule has 0 fully saturated rings. The molecule has 0 saturated heterocycles. The van der Waals surface area contributed by atoms with Crippen LogP contribution in [0.15, 0.2) is 0 Å². The molecular weight excluding hydrogens is 118 g/mol. The zero-order chi connectivity index (χ0) is 7.28. The van der Waals surface area contributed by atoms with Crippen molar-refractivity contribution < 1.29 is 9.90 Å². The fourth-order valence-electron chi connectivity index (χ4n) is 0.583. The minimum absolute atomic E-state index is 0.0972. The lowest BCUT2D eigenvalue weighted by Gasteiger charge is -2.01. The summed E-state index contributed by atoms with van der Waals surface area (Å²) in [7, 11) is 0. The third-order valence-electron chi connectivity index (χ3n) is 1.04. The molecule has 0 saturated carbocycles. The van der Waals surface area contributed by atoms with Gasteiger partial charge in [0.15, 0.2) is 0 Å². The molecule has 9 heavy (non-hydrogen) atoms. The highest BCUT2D eigenvalue weighted by atomic mass is 16.4. The highest BCUT2D eigenvalue weighted by Crippen LogP contribution is 2.03. The number of nitrogens with one attached hydrogen (secondary N) is 1. The molecule has 1 unspecified atom stereocenters. The zero-order valence-corrected chi connectivity index (χ0v) is 5.42. The summed E-state index contributed by atoms with van der Waals surface area (Å²) in [5.74, 6) is -0.690. The Morgan fingerprint density at radius 2 is 2.44 bits per heavy atom. The fourth-order valence-corrected chi connectivity index (χ4v) is 0.583. The van der Waals surface area contributed by atoms with Gasteiger partial charge in [-0.1, -0.05) is 6.92 Å². The smallest absolute Gasteiger partial charge is 0.303 e. The van der Waals surface area contributed by atoms with Crippen LogP contribution in [0.2, 0.25) is 0 Å². The Labute approximate surface area is 54.2 Å². The Balaban J connectivity index is 3.37. The number of carboxylic acid groups (broad SMARTS) is 1. The first kappa shape index (κ1) is 8.14. The van der Waals surface area contributed by atoms with E-state index in [4.69, 9.17) is 10.5 Å². The van der Waals surface area contributed by atoms with Gasteiger partial charge in [0, 0.05) is 6.42 Å². The molecule has 0 spiro atoms. The van der Waals surface area contributed by atoms with E-state index in [1.54, 1.807) is 0 Å². The summed E-state index contributed by atoms with van der Waals surface area (Å²) in [6.07, 6.45) is 1.97. The molecule has 0 radical (unpaired) electrons. The van der Waals surface area contributed by atoms with Crippen LogP contribution in [0.25, 0.3) is 0 Å². The third kappa shape index (κ3) is 5.00. The molecule has 0 amide bonds. The predicted molar refractivity (Wildman–Crippen MR) is 34.8 cm³/mol. The standard InChI is InChI=1S/C6H11NO2/c1-5(2-3-7)4-6(8)9/h3,5,7H,2,4H2,1H3,(H,8,9). The summed E-state index contributed by atoms with van der Waals surface area (Å²) in [5.41, 5.74) is 0. The van der Waals surface area contributed by atoms with Crippen LogP contribution in [-0.4, -0.2) is 17.3 Å². The Morgan fingerprint density at radius 1 is 1.89 bits per heavy atom. The largest absolute Gasteiger partial charge is 0.481 e. The summed E-state index contributed by atoms with van der Waals surface area (Å²) >= 11 is 0. The number of hydrogen-bond acceptors (Lipinski definition) is 2. The van der Waals surface area contributed by atoms with Crippen molar-refractivity contribution in [3.63, 3.8) is 0 Å². The van der Waals surface area contributed by atoms with E-state index >= 15 is 0 Å². The van der Waals surface area contributed by atoms with Gasteiger partial charge in [-0.3, -0.25) is 4.79 Å². The molecule has 52 valence electrons. The zero-order valence-electron chi connectivity index (χ0n) is 5.42. The average Bonchev–Trinajstić information content (AvgIpc) is 1.63. The number of rotatable bonds is 4. The van der Waals surface area contributed by atoms with E-state index in [2.05, 4.69) is 0 Å². The molecule has 0 aliphatic heterocycles. The molecule has 0 aromatic rings. The van der Waals surface area contributed by atoms with E-state index in [1.807, 2.05) is 6.92 Å². The van der Waals surface area contributed by atoms with Crippen LogP contribution in [0.3, 0.4) is 0 Å². The number of carboxylic acids is 1. The molecule has 2 N–H and O–H groups in total. The van der Waals surface area contributed by atoms with Crippen LogP contribution in [0.4, 0.5) is 0 Å². The van der Waals surface area contributed by atoms with E-state index in [9.17, 15) is 4.79 Å². The third-order valence-corrected chi connectivity index (χ3v) is 1.04. The minimum atomic E-state index is -0.788. The lowest BCUT2D eigenvalue weighted by atomic mass is 10.1. The van der Waals surface area contributed by atoms with E-state index in [1.165, 1.54) is 6.21 Å². The highest BCUT2D eigenvalue weighted by molar-refractivity contribution is 5.67. The summed E-state index contributed by atoms with van der Waals surface area (Å²) in [4.78, 5) is 10.0. The maximum Gasteiger partial charge on any atom is 0.303 e. The van der Waals surface area contributed by atoms with Crippen molar-refractivity contribution in [3.05, 3.63) is 0 Å². The summed E-state index contributed by atoms with van der Waals surface area (Å²) in [5, 5.41) is 14.9. The molecule has 3 nitrogen and oxygen atoms in total. The van der Waals surface area contributed by atoms with Crippen molar-refractivity contribution >= 4 is 12.2 Å². The summed E-state index contributed by atoms with van der Waals surface area (Å²) in [6.45, 7) is 1.82. The van der Waals surface area contributed by atoms with Gasteiger partial charge < -0.3 is 10.5 Å². The van der Waals surface area contributed by atoms with Gasteiger partial charge in [-0.2, -0.15) is 0 Å². The molecule has 0 heterocycles. The maximum atomic E-state index is 10.0. The molecule has 0 aromatic heterocycles. The van der Waals surface area contributed by atoms with Crippen LogP contribution in [-0.2, 0) is 4.79 Å². The second kappa shape index (κ2) is 4.06. The summed E-state index contributed by atoms with van der Waals surface area (Å²) < 4.78 is 0. The SMILES string of the molecule is CC(CC=N)CC(=O)O. The number of aliphatic carboxylic acids is 1. The van der Waals surface area contributed by atoms with Gasteiger partial charge in [0.05, 0.1) is 0 Å². The molecular formula is C6H11NO2. The Bertz CT molecular complexity index is 112. The van der Waals surface area contributed by atoms with Gasteiger partial charge in [0.1, 0.15) is 0 Å². The van der Waals surface area contributed by atoms with Gasteiger partial charge in [-0.15, -0.1) is 0 Å². The van der Waals surface area contributed by atoms with Crippen molar-refractivity contribution in [2.45, 2.75) is 19.8 Å². The van der Waals surface area contributed by atoms with Crippen molar-refractivity contribution in [3.8, 4) is 0 Å². The molecule has 0 aliphatic carbocycles. The molecule has 0 aromatic carbocycles. The molecule has 0 rings (SSSR count). The van der Waals surface area contributed by atoms with Crippen LogP contribution in [0.1, 0.15) is 19.8 Å². The van der Waals surface area contributed by atoms with E-state index in [-0.39, 0.29) is 12.3 Å². The van der Waals surface area contributed by atoms with Crippen LogP contribution < -0.4 is 0 Å². The van der Waals surface area contributed by atoms with E-state index in [0.717, 1.165) is 0 Å². The molecule has 0 bridgehead atoms. The van der Waals surface area contributed by atoms with Gasteiger partial charge in [0.2, 0.25) is 0 Å². The van der Waals surface area contributed by atoms with Crippen LogP contribution >= 0.6 is 0 Å². The van der Waals surface area contributed by atoms with Crippen molar-refractivity contribution in [2.24, 2.45) is 5.92 Å². The Morgan fingerprint density at radius 3 is 2.78 bits per heavy atom. The molecule has 1 atom stereocenters. The van der Waals surface area contributed by atoms with Crippen molar-refractivity contribution in [1.82, 2.24) is 0 Å². The first-order chi connectivity index (χ1) is 4.16. The first-order valence-corrected chi connectivity index (χ1v) is 2.87. The quantitative estimate of drug-likeness (QED) is 0.559. The number of hydrogen-bond donors (Lipinski definition) is 2. The molecule has 3 heteroatoms. The normalized spacial score (nSPS) is 12.6. The summed E-state index contributed by atoms with van der Waals surface area (Å²) in [6, 6.07) is 0. The van der Waals surface area contributed by atoms with Crippen molar-refractivity contribution in [2.75, 3.05) is 0 Å². The lowest BCUT2D eigenvalue weighted by molar-refractivity contribution is -0.137. The van der Waals surface area contributed by atoms with Gasteiger partial charge >= 0.3 is 5.97 Å². The average molecular weight is 129 g/mol. The Hall–Kier alpha value is -0.860. The second-order valence-electron chi connectivity index (χ2n) is 2.14. The predicted octanol–water partition coefficient (Wildman–Crippen LogP) is 1.14. The highest BCUT2D eigenvalue weighted by Gasteiger charge is 2.04. The Kier molecular flexibility index (Phi) is 3.67. The molecule has 0 aliphatic rings. The topological polar surface area (TPSA) is 61.2 Å². The second-order valence-corrected chi connectivity index (χ2v) is 2.14. The van der Waals surface area contributed by atoms with Gasteiger partial charge in [0.25, 0.3) is 0 Å². The first-order valence-electron chi connectivity index (χ1n) is 2.87. The maximum absolute atomic E-state index is 10.0. The van der Waals surface area contributed by atoms with Gasteiger partial charge in [-0.05, 0) is 18.6 Å².